The first kappa shape index (κ1) is 23.3. The summed E-state index contributed by atoms with van der Waals surface area (Å²) in [6, 6.07) is 15.8. The van der Waals surface area contributed by atoms with Gasteiger partial charge in [0.15, 0.2) is 17.5 Å². The Morgan fingerprint density at radius 3 is 2.64 bits per heavy atom. The number of hydrogen-bond acceptors (Lipinski definition) is 8. The fourth-order valence-electron chi connectivity index (χ4n) is 4.06. The number of nitrogens with zero attached hydrogens (tertiary/aromatic N) is 8. The Hall–Kier alpha value is -4.49. The average molecular weight is 497 g/mol. The summed E-state index contributed by atoms with van der Waals surface area (Å²) in [6.45, 7) is 6.32. The first-order valence-electron chi connectivity index (χ1n) is 11.4. The molecule has 1 aliphatic rings. The van der Waals surface area contributed by atoms with E-state index in [2.05, 4.69) is 25.6 Å². The molecule has 1 aliphatic heterocycles. The van der Waals surface area contributed by atoms with Gasteiger partial charge in [0, 0.05) is 5.69 Å². The molecule has 2 aromatic carbocycles. The Morgan fingerprint density at radius 2 is 1.86 bits per heavy atom. The van der Waals surface area contributed by atoms with E-state index in [1.165, 1.54) is 23.7 Å². The third kappa shape index (κ3) is 3.99. The van der Waals surface area contributed by atoms with Crippen molar-refractivity contribution < 1.29 is 4.39 Å². The van der Waals surface area contributed by atoms with Gasteiger partial charge in [-0.15, -0.1) is 10.2 Å². The van der Waals surface area contributed by atoms with Crippen molar-refractivity contribution in [1.82, 2.24) is 29.1 Å². The molecule has 6 rings (SSSR count). The molecule has 10 heteroatoms. The van der Waals surface area contributed by atoms with Crippen LogP contribution in [0.15, 0.2) is 60.9 Å². The zero-order chi connectivity index (χ0) is 25.2. The number of halogens is 1. The van der Waals surface area contributed by atoms with E-state index < -0.39 is 0 Å². The van der Waals surface area contributed by atoms with Crippen molar-refractivity contribution in [2.45, 2.75) is 27.3 Å². The number of benzene rings is 2. The van der Waals surface area contributed by atoms with Gasteiger partial charge in [-0.2, -0.15) is 9.64 Å². The zero-order valence-electron chi connectivity index (χ0n) is 19.8. The highest BCUT2D eigenvalue weighted by Crippen LogP contribution is 2.39. The maximum Gasteiger partial charge on any atom is 0.164 e. The Kier molecular flexibility index (Phi) is 6.23. The lowest BCUT2D eigenvalue weighted by Crippen LogP contribution is -2.27. The maximum absolute atomic E-state index is 13.5. The maximum atomic E-state index is 13.5. The van der Waals surface area contributed by atoms with Gasteiger partial charge in [0.25, 0.3) is 0 Å². The van der Waals surface area contributed by atoms with E-state index >= 15 is 0 Å². The number of hydrogen-bond donors (Lipinski definition) is 0. The molecule has 0 spiro atoms. The molecule has 178 valence electrons. The normalized spacial score (nSPS) is 11.7. The number of nitriles is 1. The smallest absolute Gasteiger partial charge is 0.164 e. The fourth-order valence-corrected chi connectivity index (χ4v) is 4.80. The van der Waals surface area contributed by atoms with E-state index in [4.69, 9.17) is 4.98 Å². The average Bonchev–Trinajstić information content (AvgIpc) is 3.57. The molecule has 0 saturated carbocycles. The Labute approximate surface area is 211 Å². The van der Waals surface area contributed by atoms with Crippen molar-refractivity contribution in [3.05, 3.63) is 84.0 Å². The second-order valence-corrected chi connectivity index (χ2v) is 8.53. The SMILES string of the molecule is CC.Cc1nnc2n1-c1cnc(-c3cnsc3-c3ccc(F)cc3)nc1N(c1cccc(C#N)c1)C2. The van der Waals surface area contributed by atoms with Crippen molar-refractivity contribution in [1.29, 1.82) is 5.26 Å². The highest BCUT2D eigenvalue weighted by molar-refractivity contribution is 7.10. The molecule has 8 nitrogen and oxygen atoms in total. The second-order valence-electron chi connectivity index (χ2n) is 7.73. The predicted octanol–water partition coefficient (Wildman–Crippen LogP) is 5.84. The first-order valence-corrected chi connectivity index (χ1v) is 12.2. The van der Waals surface area contributed by atoms with Crippen molar-refractivity contribution in [2.75, 3.05) is 4.90 Å². The van der Waals surface area contributed by atoms with Crippen LogP contribution in [0, 0.1) is 24.1 Å². The first-order chi connectivity index (χ1) is 17.6. The van der Waals surface area contributed by atoms with Crippen LogP contribution in [0.2, 0.25) is 0 Å². The predicted molar refractivity (Wildman–Crippen MR) is 137 cm³/mol. The molecule has 0 radical (unpaired) electrons. The standard InChI is InChI=1S/C24H15FN8S.C2H6/c1-14-30-31-21-13-32(18-4-2-3-15(9-18)10-26)24-20(33(14)21)12-27-23(29-24)19-11-28-34-22(19)16-5-7-17(25)8-6-16;1-2/h2-9,11-12H,13H2,1H3;1-2H3. The summed E-state index contributed by atoms with van der Waals surface area (Å²) in [5.41, 5.74) is 3.73. The molecule has 0 atom stereocenters. The molecular formula is C26H21FN8S. The summed E-state index contributed by atoms with van der Waals surface area (Å²) in [4.78, 5) is 12.4. The van der Waals surface area contributed by atoms with Crippen molar-refractivity contribution in [2.24, 2.45) is 0 Å². The molecule has 0 bridgehead atoms. The Morgan fingerprint density at radius 1 is 1.06 bits per heavy atom. The highest BCUT2D eigenvalue weighted by atomic mass is 32.1. The minimum absolute atomic E-state index is 0.296. The van der Waals surface area contributed by atoms with E-state index in [9.17, 15) is 9.65 Å². The summed E-state index contributed by atoms with van der Waals surface area (Å²) in [7, 11) is 0. The van der Waals surface area contributed by atoms with Gasteiger partial charge in [-0.1, -0.05) is 32.0 Å². The molecule has 0 unspecified atom stereocenters. The van der Waals surface area contributed by atoms with Crippen LogP contribution in [-0.2, 0) is 6.54 Å². The van der Waals surface area contributed by atoms with Crippen LogP contribution in [-0.4, -0.2) is 29.1 Å². The largest absolute Gasteiger partial charge is 0.317 e. The lowest BCUT2D eigenvalue weighted by atomic mass is 10.1. The van der Waals surface area contributed by atoms with Crippen LogP contribution >= 0.6 is 11.5 Å². The van der Waals surface area contributed by atoms with Gasteiger partial charge < -0.3 is 4.90 Å². The van der Waals surface area contributed by atoms with Crippen molar-refractivity contribution in [3.8, 4) is 33.6 Å². The molecule has 5 aromatic rings. The summed E-state index contributed by atoms with van der Waals surface area (Å²) in [5.74, 6) is 2.37. The molecule has 3 aromatic heterocycles. The van der Waals surface area contributed by atoms with Gasteiger partial charge in [0.05, 0.1) is 41.0 Å². The minimum atomic E-state index is -0.296. The van der Waals surface area contributed by atoms with Crippen LogP contribution < -0.4 is 4.90 Å². The molecule has 0 N–H and O–H groups in total. The van der Waals surface area contributed by atoms with Gasteiger partial charge in [0.1, 0.15) is 17.3 Å². The van der Waals surface area contributed by atoms with E-state index in [1.54, 1.807) is 30.6 Å². The number of aromatic nitrogens is 6. The Bertz CT molecular complexity index is 1580. The van der Waals surface area contributed by atoms with E-state index in [0.717, 1.165) is 39.0 Å². The molecule has 0 amide bonds. The molecule has 0 saturated heterocycles. The van der Waals surface area contributed by atoms with Crippen LogP contribution in [0.25, 0.3) is 27.5 Å². The topological polar surface area (TPSA) is 96.4 Å². The van der Waals surface area contributed by atoms with Crippen LogP contribution in [0.3, 0.4) is 0 Å². The van der Waals surface area contributed by atoms with Crippen molar-refractivity contribution >= 4 is 23.0 Å². The molecule has 0 aliphatic carbocycles. The minimum Gasteiger partial charge on any atom is -0.317 e. The number of fused-ring (bicyclic) bond motifs is 3. The summed E-state index contributed by atoms with van der Waals surface area (Å²) >= 11 is 1.31. The van der Waals surface area contributed by atoms with Gasteiger partial charge in [-0.05, 0) is 54.4 Å². The monoisotopic (exact) mass is 496 g/mol. The van der Waals surface area contributed by atoms with Crippen LogP contribution in [0.4, 0.5) is 15.9 Å². The van der Waals surface area contributed by atoms with Crippen molar-refractivity contribution in [3.63, 3.8) is 0 Å². The number of anilines is 2. The fraction of sp³-hybridized carbons (Fsp3) is 0.154. The third-order valence-corrected chi connectivity index (χ3v) is 6.49. The lowest BCUT2D eigenvalue weighted by Gasteiger charge is -2.30. The van der Waals surface area contributed by atoms with E-state index in [1.807, 2.05) is 48.4 Å². The third-order valence-electron chi connectivity index (χ3n) is 5.64. The second kappa shape index (κ2) is 9.64. The van der Waals surface area contributed by atoms with E-state index in [-0.39, 0.29) is 5.82 Å². The lowest BCUT2D eigenvalue weighted by molar-refractivity contribution is 0.628. The number of aryl methyl sites for hydroxylation is 1. The highest BCUT2D eigenvalue weighted by Gasteiger charge is 2.29. The molecule has 4 heterocycles. The summed E-state index contributed by atoms with van der Waals surface area (Å²) in [6.07, 6.45) is 3.48. The molecule has 0 fully saturated rings. The van der Waals surface area contributed by atoms with Gasteiger partial charge >= 0.3 is 0 Å². The Balaban J connectivity index is 0.00000130. The number of rotatable bonds is 3. The summed E-state index contributed by atoms with van der Waals surface area (Å²) in [5, 5.41) is 17.9. The quantitative estimate of drug-likeness (QED) is 0.309. The van der Waals surface area contributed by atoms with E-state index in [0.29, 0.717) is 23.8 Å². The van der Waals surface area contributed by atoms with Gasteiger partial charge in [-0.25, -0.2) is 14.4 Å². The van der Waals surface area contributed by atoms with Crippen LogP contribution in [0.1, 0.15) is 31.1 Å². The van der Waals surface area contributed by atoms with Gasteiger partial charge in [0.2, 0.25) is 0 Å². The molecule has 36 heavy (non-hydrogen) atoms. The summed E-state index contributed by atoms with van der Waals surface area (Å²) < 4.78 is 19.7. The zero-order valence-corrected chi connectivity index (χ0v) is 20.7. The van der Waals surface area contributed by atoms with Gasteiger partial charge in [-0.3, -0.25) is 4.57 Å². The molecular weight excluding hydrogens is 475 g/mol. The van der Waals surface area contributed by atoms with Crippen LogP contribution in [0.5, 0.6) is 0 Å².